The van der Waals surface area contributed by atoms with Crippen molar-refractivity contribution in [1.82, 2.24) is 0 Å². The fraction of sp³-hybridized carbons (Fsp3) is 1.00. The van der Waals surface area contributed by atoms with Crippen molar-refractivity contribution in [3.63, 3.8) is 0 Å². The molecule has 0 fully saturated rings. The number of rotatable bonds is 2. The Morgan fingerprint density at radius 3 is 1.67 bits per heavy atom. The molecule has 0 unspecified atom stereocenters. The minimum atomic E-state index is -1.63. The van der Waals surface area contributed by atoms with Gasteiger partial charge in [-0.3, -0.25) is 0 Å². The van der Waals surface area contributed by atoms with E-state index >= 15 is 0 Å². The zero-order chi connectivity index (χ0) is 4.99. The van der Waals surface area contributed by atoms with E-state index in [4.69, 9.17) is 0 Å². The van der Waals surface area contributed by atoms with Crippen LogP contribution in [0.15, 0.2) is 0 Å². The molecule has 0 amide bonds. The zero-order valence-corrected chi connectivity index (χ0v) is 6.42. The van der Waals surface area contributed by atoms with Crippen LogP contribution in [0.25, 0.3) is 0 Å². The zero-order valence-electron chi connectivity index (χ0n) is 4.32. The second kappa shape index (κ2) is 3.53. The Balaban J connectivity index is 2.99. The Morgan fingerprint density at radius 1 is 1.33 bits per heavy atom. The van der Waals surface area contributed by atoms with Crippen LogP contribution in [0.5, 0.6) is 0 Å². The second-order valence-corrected chi connectivity index (χ2v) is 6.47. The van der Waals surface area contributed by atoms with Gasteiger partial charge in [0.15, 0.2) is 0 Å². The van der Waals surface area contributed by atoms with Crippen molar-refractivity contribution >= 4 is 14.3 Å². The molecule has 0 atom stereocenters. The molecule has 0 aromatic carbocycles. The molecule has 0 aliphatic carbocycles. The van der Waals surface area contributed by atoms with Crippen LogP contribution < -0.4 is 0 Å². The van der Waals surface area contributed by atoms with Gasteiger partial charge in [0.2, 0.25) is 0 Å². The van der Waals surface area contributed by atoms with Crippen molar-refractivity contribution in [2.24, 2.45) is 0 Å². The van der Waals surface area contributed by atoms with Crippen LogP contribution in [-0.4, -0.2) is 14.3 Å². The third-order valence-electron chi connectivity index (χ3n) is 0.789. The van der Waals surface area contributed by atoms with Gasteiger partial charge in [0.25, 0.3) is 0 Å². The molecule has 0 heterocycles. The SMILES string of the molecule is C[CH2][Ge](=[O])[CH2]C. The predicted octanol–water partition coefficient (Wildman–Crippen LogP) is 1.45. The topological polar surface area (TPSA) is 17.1 Å². The Morgan fingerprint density at radius 2 is 1.67 bits per heavy atom. The van der Waals surface area contributed by atoms with Gasteiger partial charge in [-0.15, -0.1) is 0 Å². The van der Waals surface area contributed by atoms with E-state index in [1.807, 2.05) is 13.8 Å². The molecule has 2 heteroatoms. The summed E-state index contributed by atoms with van der Waals surface area (Å²) in [6.07, 6.45) is 0. The Hall–Kier alpha value is 0.343. The maximum atomic E-state index is 10.4. The molecule has 0 aromatic heterocycles. The summed E-state index contributed by atoms with van der Waals surface area (Å²) in [6, 6.07) is 0. The van der Waals surface area contributed by atoms with Crippen molar-refractivity contribution in [2.75, 3.05) is 0 Å². The fourth-order valence-corrected chi connectivity index (χ4v) is 1.30. The molecular formula is C4H10GeO. The van der Waals surface area contributed by atoms with Crippen molar-refractivity contribution in [3.8, 4) is 0 Å². The van der Waals surface area contributed by atoms with E-state index in [-0.39, 0.29) is 0 Å². The quantitative estimate of drug-likeness (QED) is 0.539. The molecule has 0 rings (SSSR count). The van der Waals surface area contributed by atoms with Gasteiger partial charge in [-0.2, -0.15) is 0 Å². The van der Waals surface area contributed by atoms with Gasteiger partial charge in [0, 0.05) is 0 Å². The van der Waals surface area contributed by atoms with E-state index in [9.17, 15) is 3.78 Å². The first kappa shape index (κ1) is 6.34. The van der Waals surface area contributed by atoms with E-state index < -0.39 is 14.3 Å². The van der Waals surface area contributed by atoms with Gasteiger partial charge in [-0.25, -0.2) is 0 Å². The van der Waals surface area contributed by atoms with Crippen LogP contribution in [-0.2, 0) is 3.78 Å². The molecule has 0 aliphatic heterocycles. The molecule has 0 spiro atoms. The third kappa shape index (κ3) is 2.57. The van der Waals surface area contributed by atoms with Crippen molar-refractivity contribution in [1.29, 1.82) is 0 Å². The molecule has 0 aromatic rings. The van der Waals surface area contributed by atoms with Gasteiger partial charge in [0.05, 0.1) is 0 Å². The number of hydrogen-bond acceptors (Lipinski definition) is 1. The molecule has 0 N–H and O–H groups in total. The van der Waals surface area contributed by atoms with Gasteiger partial charge in [-0.1, -0.05) is 0 Å². The van der Waals surface area contributed by atoms with Crippen molar-refractivity contribution in [3.05, 3.63) is 0 Å². The number of hydrogen-bond donors (Lipinski definition) is 0. The summed E-state index contributed by atoms with van der Waals surface area (Å²) in [5.41, 5.74) is 0. The van der Waals surface area contributed by atoms with Crippen LogP contribution in [0.2, 0.25) is 10.5 Å². The first-order valence-corrected chi connectivity index (χ1v) is 6.15. The van der Waals surface area contributed by atoms with Gasteiger partial charge in [0.1, 0.15) is 0 Å². The van der Waals surface area contributed by atoms with Gasteiger partial charge in [-0.05, 0) is 0 Å². The molecule has 0 radical (unpaired) electrons. The Kier molecular flexibility index (Phi) is 3.73. The standard InChI is InChI=1S/C4H10GeO/c1-3-5(6)4-2/h3-4H2,1-2H3. The predicted molar refractivity (Wildman–Crippen MR) is 27.4 cm³/mol. The summed E-state index contributed by atoms with van der Waals surface area (Å²) >= 11 is -1.63. The van der Waals surface area contributed by atoms with Crippen LogP contribution >= 0.6 is 0 Å². The van der Waals surface area contributed by atoms with Crippen LogP contribution in [0.3, 0.4) is 0 Å². The minimum absolute atomic E-state index is 0.941. The van der Waals surface area contributed by atoms with Crippen LogP contribution in [0, 0.1) is 0 Å². The summed E-state index contributed by atoms with van der Waals surface area (Å²) in [6.45, 7) is 3.98. The van der Waals surface area contributed by atoms with Gasteiger partial charge < -0.3 is 0 Å². The van der Waals surface area contributed by atoms with Gasteiger partial charge >= 0.3 is 42.4 Å². The van der Waals surface area contributed by atoms with E-state index in [0.29, 0.717) is 0 Å². The third-order valence-corrected chi connectivity index (χ3v) is 4.10. The molecular weight excluding hydrogens is 137 g/mol. The normalized spacial score (nSPS) is 8.33. The summed E-state index contributed by atoms with van der Waals surface area (Å²) in [5.74, 6) is 0. The van der Waals surface area contributed by atoms with Crippen LogP contribution in [0.4, 0.5) is 0 Å². The average Bonchev–Trinajstić information content (AvgIpc) is 1.65. The first-order valence-electron chi connectivity index (χ1n) is 2.33. The van der Waals surface area contributed by atoms with E-state index in [0.717, 1.165) is 10.5 Å². The van der Waals surface area contributed by atoms with E-state index in [1.165, 1.54) is 0 Å². The fourth-order valence-electron chi connectivity index (χ4n) is 0.250. The molecule has 0 aliphatic rings. The summed E-state index contributed by atoms with van der Waals surface area (Å²) < 4.78 is 10.4. The maximum absolute atomic E-state index is 10.4. The first-order chi connectivity index (χ1) is 2.81. The Labute approximate surface area is 43.1 Å². The Bertz CT molecular complexity index is 45.5. The average molecular weight is 147 g/mol. The van der Waals surface area contributed by atoms with Crippen LogP contribution in [0.1, 0.15) is 13.8 Å². The van der Waals surface area contributed by atoms with E-state index in [1.54, 1.807) is 0 Å². The van der Waals surface area contributed by atoms with E-state index in [2.05, 4.69) is 0 Å². The summed E-state index contributed by atoms with van der Waals surface area (Å²) in [5, 5.41) is 1.88. The summed E-state index contributed by atoms with van der Waals surface area (Å²) in [7, 11) is 0. The monoisotopic (exact) mass is 148 g/mol. The second-order valence-electron chi connectivity index (χ2n) is 1.25. The molecule has 1 nitrogen and oxygen atoms in total. The molecule has 0 saturated carbocycles. The van der Waals surface area contributed by atoms with Crippen molar-refractivity contribution < 1.29 is 3.78 Å². The summed E-state index contributed by atoms with van der Waals surface area (Å²) in [4.78, 5) is 0. The molecule has 36 valence electrons. The molecule has 6 heavy (non-hydrogen) atoms. The molecule has 0 saturated heterocycles. The molecule has 0 bridgehead atoms. The van der Waals surface area contributed by atoms with Crippen molar-refractivity contribution in [2.45, 2.75) is 24.4 Å².